The van der Waals surface area contributed by atoms with Crippen molar-refractivity contribution in [3.63, 3.8) is 0 Å². The van der Waals surface area contributed by atoms with Gasteiger partial charge in [0.2, 0.25) is 5.91 Å². The fourth-order valence-electron chi connectivity index (χ4n) is 4.55. The van der Waals surface area contributed by atoms with Crippen molar-refractivity contribution in [3.8, 4) is 5.75 Å². The molecule has 2 heterocycles. The molecule has 1 fully saturated rings. The van der Waals surface area contributed by atoms with E-state index in [-0.39, 0.29) is 12.0 Å². The van der Waals surface area contributed by atoms with Gasteiger partial charge in [-0.25, -0.2) is 4.98 Å². The number of imidazole rings is 1. The van der Waals surface area contributed by atoms with Crippen LogP contribution in [0.15, 0.2) is 42.5 Å². The molecule has 1 atom stereocenters. The number of hydrogen-bond donors (Lipinski definition) is 1. The van der Waals surface area contributed by atoms with Crippen LogP contribution in [0.3, 0.4) is 0 Å². The van der Waals surface area contributed by atoms with E-state index in [1.54, 1.807) is 0 Å². The summed E-state index contributed by atoms with van der Waals surface area (Å²) in [7, 11) is 0. The van der Waals surface area contributed by atoms with E-state index < -0.39 is 0 Å². The maximum Gasteiger partial charge on any atom is 0.249 e. The van der Waals surface area contributed by atoms with Gasteiger partial charge in [-0.1, -0.05) is 30.7 Å². The highest BCUT2D eigenvalue weighted by Gasteiger charge is 2.22. The minimum absolute atomic E-state index is 0.0439. The van der Waals surface area contributed by atoms with Gasteiger partial charge >= 0.3 is 0 Å². The number of para-hydroxylation sites is 2. The number of aromatic nitrogens is 2. The zero-order chi connectivity index (χ0) is 23.8. The third-order valence-electron chi connectivity index (χ3n) is 6.67. The number of aryl methyl sites for hydroxylation is 3. The Morgan fingerprint density at radius 2 is 2.00 bits per heavy atom. The average Bonchev–Trinajstić information content (AvgIpc) is 3.50. The van der Waals surface area contributed by atoms with Crippen molar-refractivity contribution in [2.75, 3.05) is 19.8 Å². The third-order valence-corrected chi connectivity index (χ3v) is 6.67. The maximum atomic E-state index is 12.0. The average molecular weight is 464 g/mol. The summed E-state index contributed by atoms with van der Waals surface area (Å²) >= 11 is 0. The SMILES string of the molecule is Cc1cccc(OCCCn2c(CCCCCNC(=O)C3CCCO3)nc3ccccc32)c1C. The summed E-state index contributed by atoms with van der Waals surface area (Å²) in [5.41, 5.74) is 4.71. The molecular formula is C28H37N3O3. The molecule has 0 saturated carbocycles. The van der Waals surface area contributed by atoms with Crippen LogP contribution in [-0.4, -0.2) is 41.3 Å². The fourth-order valence-corrected chi connectivity index (χ4v) is 4.55. The van der Waals surface area contributed by atoms with Gasteiger partial charge in [0.1, 0.15) is 17.7 Å². The largest absolute Gasteiger partial charge is 0.493 e. The van der Waals surface area contributed by atoms with Crippen molar-refractivity contribution in [1.29, 1.82) is 0 Å². The lowest BCUT2D eigenvalue weighted by atomic mass is 10.1. The molecule has 4 rings (SSSR count). The molecule has 0 radical (unpaired) electrons. The van der Waals surface area contributed by atoms with Crippen molar-refractivity contribution in [2.45, 2.75) is 71.4 Å². The molecule has 1 N–H and O–H groups in total. The number of amides is 1. The summed E-state index contributed by atoms with van der Waals surface area (Å²) in [6.07, 6.45) is 6.54. The number of carbonyl (C=O) groups is 1. The Hall–Kier alpha value is -2.86. The van der Waals surface area contributed by atoms with Gasteiger partial charge in [0.25, 0.3) is 0 Å². The second kappa shape index (κ2) is 12.0. The van der Waals surface area contributed by atoms with E-state index in [1.807, 2.05) is 18.2 Å². The predicted molar refractivity (Wildman–Crippen MR) is 135 cm³/mol. The quantitative estimate of drug-likeness (QED) is 0.378. The first-order valence-electron chi connectivity index (χ1n) is 12.7. The first-order chi connectivity index (χ1) is 16.6. The number of hydrogen-bond acceptors (Lipinski definition) is 4. The Morgan fingerprint density at radius 3 is 2.85 bits per heavy atom. The minimum Gasteiger partial charge on any atom is -0.493 e. The van der Waals surface area contributed by atoms with E-state index in [1.165, 1.54) is 16.6 Å². The molecule has 0 spiro atoms. The number of fused-ring (bicyclic) bond motifs is 1. The van der Waals surface area contributed by atoms with Crippen LogP contribution in [0, 0.1) is 13.8 Å². The van der Waals surface area contributed by atoms with Crippen LogP contribution in [-0.2, 0) is 22.5 Å². The smallest absolute Gasteiger partial charge is 0.249 e. The van der Waals surface area contributed by atoms with E-state index >= 15 is 0 Å². The number of nitrogens with zero attached hydrogens (tertiary/aromatic N) is 2. The monoisotopic (exact) mass is 463 g/mol. The first-order valence-corrected chi connectivity index (χ1v) is 12.7. The second-order valence-electron chi connectivity index (χ2n) is 9.17. The molecule has 6 heteroatoms. The van der Waals surface area contributed by atoms with E-state index in [0.717, 1.165) is 68.6 Å². The van der Waals surface area contributed by atoms with Gasteiger partial charge in [-0.3, -0.25) is 4.79 Å². The predicted octanol–water partition coefficient (Wildman–Crippen LogP) is 5.13. The molecule has 1 aliphatic heterocycles. The molecule has 1 unspecified atom stereocenters. The molecule has 2 aromatic carbocycles. The zero-order valence-corrected chi connectivity index (χ0v) is 20.5. The number of ether oxygens (including phenoxy) is 2. The standard InChI is InChI=1S/C28H37N3O3/c1-21-11-8-14-25(22(21)2)33-20-10-18-31-24-13-6-5-12-23(24)30-27(31)16-4-3-7-17-29-28(32)26-15-9-19-34-26/h5-6,8,11-14,26H,3-4,7,9-10,15-20H2,1-2H3,(H,29,32). The van der Waals surface area contributed by atoms with E-state index in [0.29, 0.717) is 19.8 Å². The van der Waals surface area contributed by atoms with Gasteiger partial charge < -0.3 is 19.4 Å². The van der Waals surface area contributed by atoms with Crippen molar-refractivity contribution >= 4 is 16.9 Å². The Kier molecular flexibility index (Phi) is 8.58. The molecule has 182 valence electrons. The van der Waals surface area contributed by atoms with Crippen LogP contribution in [0.2, 0.25) is 0 Å². The summed E-state index contributed by atoms with van der Waals surface area (Å²) in [6.45, 7) is 7.21. The van der Waals surface area contributed by atoms with Crippen molar-refractivity contribution in [3.05, 3.63) is 59.4 Å². The Balaban J connectivity index is 1.25. The van der Waals surface area contributed by atoms with Crippen LogP contribution in [0.4, 0.5) is 0 Å². The van der Waals surface area contributed by atoms with Crippen molar-refractivity contribution in [2.24, 2.45) is 0 Å². The molecule has 1 amide bonds. The first kappa shape index (κ1) is 24.3. The molecular weight excluding hydrogens is 426 g/mol. The van der Waals surface area contributed by atoms with Gasteiger partial charge in [-0.2, -0.15) is 0 Å². The lowest BCUT2D eigenvalue weighted by Gasteiger charge is -2.13. The zero-order valence-electron chi connectivity index (χ0n) is 20.5. The highest BCUT2D eigenvalue weighted by atomic mass is 16.5. The highest BCUT2D eigenvalue weighted by Crippen LogP contribution is 2.22. The number of nitrogens with one attached hydrogen (secondary N) is 1. The number of rotatable bonds is 12. The normalized spacial score (nSPS) is 15.6. The van der Waals surface area contributed by atoms with Crippen LogP contribution in [0.5, 0.6) is 5.75 Å². The molecule has 0 bridgehead atoms. The van der Waals surface area contributed by atoms with Crippen LogP contribution in [0.25, 0.3) is 11.0 Å². The third kappa shape index (κ3) is 6.17. The van der Waals surface area contributed by atoms with Crippen LogP contribution >= 0.6 is 0 Å². The lowest BCUT2D eigenvalue weighted by Crippen LogP contribution is -2.34. The van der Waals surface area contributed by atoms with Gasteiger partial charge in [0.15, 0.2) is 0 Å². The van der Waals surface area contributed by atoms with Gasteiger partial charge in [0.05, 0.1) is 17.6 Å². The summed E-state index contributed by atoms with van der Waals surface area (Å²) in [4.78, 5) is 16.9. The molecule has 1 aliphatic rings. The minimum atomic E-state index is -0.237. The second-order valence-corrected chi connectivity index (χ2v) is 9.17. The van der Waals surface area contributed by atoms with Gasteiger partial charge in [-0.15, -0.1) is 0 Å². The number of unbranched alkanes of at least 4 members (excludes halogenated alkanes) is 2. The molecule has 0 aliphatic carbocycles. The molecule has 1 aromatic heterocycles. The molecule has 1 saturated heterocycles. The number of carbonyl (C=O) groups excluding carboxylic acids is 1. The topological polar surface area (TPSA) is 65.4 Å². The Labute approximate surface area is 202 Å². The Bertz CT molecular complexity index is 1090. The molecule has 3 aromatic rings. The lowest BCUT2D eigenvalue weighted by molar-refractivity contribution is -0.130. The van der Waals surface area contributed by atoms with Gasteiger partial charge in [0, 0.05) is 26.1 Å². The fraction of sp³-hybridized carbons (Fsp3) is 0.500. The number of benzene rings is 2. The van der Waals surface area contributed by atoms with Crippen molar-refractivity contribution in [1.82, 2.24) is 14.9 Å². The summed E-state index contributed by atoms with van der Waals surface area (Å²) < 4.78 is 13.9. The van der Waals surface area contributed by atoms with Crippen LogP contribution < -0.4 is 10.1 Å². The van der Waals surface area contributed by atoms with E-state index in [2.05, 4.69) is 48.0 Å². The van der Waals surface area contributed by atoms with E-state index in [9.17, 15) is 4.79 Å². The summed E-state index contributed by atoms with van der Waals surface area (Å²) in [5, 5.41) is 3.01. The molecule has 6 nitrogen and oxygen atoms in total. The van der Waals surface area contributed by atoms with Crippen molar-refractivity contribution < 1.29 is 14.3 Å². The van der Waals surface area contributed by atoms with E-state index in [4.69, 9.17) is 14.5 Å². The Morgan fingerprint density at radius 1 is 1.12 bits per heavy atom. The highest BCUT2D eigenvalue weighted by molar-refractivity contribution is 5.80. The summed E-state index contributed by atoms with van der Waals surface area (Å²) in [6, 6.07) is 14.6. The van der Waals surface area contributed by atoms with Gasteiger partial charge in [-0.05, 0) is 75.3 Å². The van der Waals surface area contributed by atoms with Crippen LogP contribution in [0.1, 0.15) is 55.5 Å². The molecule has 34 heavy (non-hydrogen) atoms. The summed E-state index contributed by atoms with van der Waals surface area (Å²) in [5.74, 6) is 2.15. The maximum absolute atomic E-state index is 12.0.